The maximum absolute atomic E-state index is 12.8. The quantitative estimate of drug-likeness (QED) is 0.649. The molecule has 0 spiro atoms. The van der Waals surface area contributed by atoms with E-state index in [4.69, 9.17) is 10.00 Å². The fourth-order valence-corrected chi connectivity index (χ4v) is 0.902. The van der Waals surface area contributed by atoms with Gasteiger partial charge in [-0.1, -0.05) is 6.58 Å². The summed E-state index contributed by atoms with van der Waals surface area (Å²) in [5, 5.41) is 8.54. The van der Waals surface area contributed by atoms with E-state index in [1.54, 1.807) is 6.07 Å². The minimum atomic E-state index is -0.532. The zero-order chi connectivity index (χ0) is 9.84. The average molecular weight is 177 g/mol. The molecule has 0 saturated heterocycles. The van der Waals surface area contributed by atoms with E-state index in [2.05, 4.69) is 6.58 Å². The third-order valence-electron chi connectivity index (χ3n) is 1.66. The molecule has 1 aromatic rings. The minimum absolute atomic E-state index is 0.00398. The predicted molar refractivity (Wildman–Crippen MR) is 47.2 cm³/mol. The lowest BCUT2D eigenvalue weighted by Gasteiger charge is -2.04. The van der Waals surface area contributed by atoms with Crippen molar-refractivity contribution in [2.45, 2.75) is 0 Å². The highest BCUT2D eigenvalue weighted by Crippen LogP contribution is 2.16. The number of halogens is 1. The molecule has 1 rings (SSSR count). The Bertz CT molecular complexity index is 379. The van der Waals surface area contributed by atoms with Crippen LogP contribution in [-0.4, -0.2) is 7.11 Å². The summed E-state index contributed by atoms with van der Waals surface area (Å²) in [7, 11) is 1.47. The second kappa shape index (κ2) is 3.72. The lowest BCUT2D eigenvalue weighted by molar-refractivity contribution is 0.371. The number of rotatable bonds is 2. The Balaban J connectivity index is 3.15. The topological polar surface area (TPSA) is 33.0 Å². The summed E-state index contributed by atoms with van der Waals surface area (Å²) in [5.74, 6) is -0.119. The molecular weight excluding hydrogens is 169 g/mol. The van der Waals surface area contributed by atoms with Crippen LogP contribution in [0.15, 0.2) is 24.8 Å². The summed E-state index contributed by atoms with van der Waals surface area (Å²) < 4.78 is 17.7. The van der Waals surface area contributed by atoms with Crippen molar-refractivity contribution in [2.75, 3.05) is 7.11 Å². The minimum Gasteiger partial charge on any atom is -0.497 e. The van der Waals surface area contributed by atoms with Crippen LogP contribution in [0.5, 0.6) is 0 Å². The molecule has 66 valence electrons. The number of benzene rings is 1. The van der Waals surface area contributed by atoms with Crippen LogP contribution >= 0.6 is 0 Å². The maximum atomic E-state index is 12.8. The molecule has 1 aromatic carbocycles. The first-order chi connectivity index (χ1) is 6.19. The molecule has 0 amide bonds. The lowest BCUT2D eigenvalue weighted by Crippen LogP contribution is -1.89. The van der Waals surface area contributed by atoms with Gasteiger partial charge in [-0.25, -0.2) is 4.39 Å². The number of hydrogen-bond donors (Lipinski definition) is 0. The molecule has 0 aliphatic carbocycles. The van der Waals surface area contributed by atoms with Gasteiger partial charge in [-0.05, 0) is 18.2 Å². The van der Waals surface area contributed by atoms with Gasteiger partial charge >= 0.3 is 0 Å². The highest BCUT2D eigenvalue weighted by Gasteiger charge is 2.04. The summed E-state index contributed by atoms with van der Waals surface area (Å²) in [5.41, 5.74) is 0.608. The Labute approximate surface area is 75.9 Å². The van der Waals surface area contributed by atoms with Crippen molar-refractivity contribution in [1.29, 1.82) is 5.26 Å². The summed E-state index contributed by atoms with van der Waals surface area (Å²) in [4.78, 5) is 0. The molecule has 0 unspecified atom stereocenters. The zero-order valence-corrected chi connectivity index (χ0v) is 7.17. The molecule has 0 atom stereocenters. The van der Waals surface area contributed by atoms with Crippen LogP contribution in [0, 0.1) is 17.1 Å². The Morgan fingerprint density at radius 1 is 1.62 bits per heavy atom. The molecule has 0 aromatic heterocycles. The van der Waals surface area contributed by atoms with Crippen molar-refractivity contribution in [2.24, 2.45) is 0 Å². The largest absolute Gasteiger partial charge is 0.497 e. The third kappa shape index (κ3) is 1.85. The Kier molecular flexibility index (Phi) is 2.65. The van der Waals surface area contributed by atoms with E-state index in [0.717, 1.165) is 0 Å². The van der Waals surface area contributed by atoms with Crippen molar-refractivity contribution >= 4 is 5.76 Å². The van der Waals surface area contributed by atoms with E-state index in [1.807, 2.05) is 0 Å². The zero-order valence-electron chi connectivity index (χ0n) is 7.17. The molecule has 0 aliphatic heterocycles. The highest BCUT2D eigenvalue weighted by atomic mass is 19.1. The molecule has 0 saturated carbocycles. The maximum Gasteiger partial charge on any atom is 0.140 e. The third-order valence-corrected chi connectivity index (χ3v) is 1.66. The summed E-state index contributed by atoms with van der Waals surface area (Å²) >= 11 is 0. The SMILES string of the molecule is C=C(OC)c1ccc(F)c(C#N)c1. The fraction of sp³-hybridized carbons (Fsp3) is 0.100. The van der Waals surface area contributed by atoms with Gasteiger partial charge in [0.15, 0.2) is 0 Å². The lowest BCUT2D eigenvalue weighted by atomic mass is 10.1. The first-order valence-electron chi connectivity index (χ1n) is 3.62. The van der Waals surface area contributed by atoms with Gasteiger partial charge in [0.25, 0.3) is 0 Å². The molecule has 0 aliphatic rings. The van der Waals surface area contributed by atoms with Gasteiger partial charge in [-0.3, -0.25) is 0 Å². The van der Waals surface area contributed by atoms with Crippen molar-refractivity contribution in [1.82, 2.24) is 0 Å². The molecule has 0 fully saturated rings. The number of nitriles is 1. The summed E-state index contributed by atoms with van der Waals surface area (Å²) in [6.45, 7) is 3.59. The van der Waals surface area contributed by atoms with Gasteiger partial charge < -0.3 is 4.74 Å². The summed E-state index contributed by atoms with van der Waals surface area (Å²) in [6, 6.07) is 5.88. The van der Waals surface area contributed by atoms with Gasteiger partial charge in [-0.15, -0.1) is 0 Å². The van der Waals surface area contributed by atoms with Crippen molar-refractivity contribution in [3.05, 3.63) is 41.7 Å². The van der Waals surface area contributed by atoms with Crippen LogP contribution in [0.3, 0.4) is 0 Å². The van der Waals surface area contributed by atoms with E-state index in [9.17, 15) is 4.39 Å². The van der Waals surface area contributed by atoms with E-state index < -0.39 is 5.82 Å². The average Bonchev–Trinajstić information content (AvgIpc) is 2.17. The van der Waals surface area contributed by atoms with Crippen LogP contribution in [0.25, 0.3) is 5.76 Å². The summed E-state index contributed by atoms with van der Waals surface area (Å²) in [6.07, 6.45) is 0. The van der Waals surface area contributed by atoms with Crippen LogP contribution in [0.1, 0.15) is 11.1 Å². The Hall–Kier alpha value is -1.82. The monoisotopic (exact) mass is 177 g/mol. The van der Waals surface area contributed by atoms with Crippen LogP contribution in [-0.2, 0) is 4.74 Å². The standard InChI is InChI=1S/C10H8FNO/c1-7(13-2)8-3-4-10(11)9(5-8)6-12/h3-5H,1H2,2H3. The number of ether oxygens (including phenoxy) is 1. The molecule has 0 radical (unpaired) electrons. The van der Waals surface area contributed by atoms with Crippen molar-refractivity contribution < 1.29 is 9.13 Å². The predicted octanol–water partition coefficient (Wildman–Crippen LogP) is 2.31. The smallest absolute Gasteiger partial charge is 0.140 e. The molecule has 0 heterocycles. The first kappa shape index (κ1) is 9.27. The molecule has 3 heteroatoms. The normalized spacial score (nSPS) is 9.00. The molecule has 13 heavy (non-hydrogen) atoms. The van der Waals surface area contributed by atoms with Gasteiger partial charge in [0.1, 0.15) is 17.6 Å². The van der Waals surface area contributed by atoms with E-state index >= 15 is 0 Å². The highest BCUT2D eigenvalue weighted by molar-refractivity contribution is 5.59. The van der Waals surface area contributed by atoms with E-state index in [1.165, 1.54) is 25.3 Å². The Morgan fingerprint density at radius 3 is 2.85 bits per heavy atom. The van der Waals surface area contributed by atoms with E-state index in [0.29, 0.717) is 11.3 Å². The second-order valence-electron chi connectivity index (χ2n) is 2.43. The first-order valence-corrected chi connectivity index (χ1v) is 3.62. The van der Waals surface area contributed by atoms with Crippen molar-refractivity contribution in [3.63, 3.8) is 0 Å². The fourth-order valence-electron chi connectivity index (χ4n) is 0.902. The van der Waals surface area contributed by atoms with E-state index in [-0.39, 0.29) is 5.56 Å². The molecular formula is C10H8FNO. The Morgan fingerprint density at radius 2 is 2.31 bits per heavy atom. The van der Waals surface area contributed by atoms with Gasteiger partial charge in [0.2, 0.25) is 0 Å². The number of hydrogen-bond acceptors (Lipinski definition) is 2. The second-order valence-corrected chi connectivity index (χ2v) is 2.43. The molecule has 0 N–H and O–H groups in total. The molecule has 0 bridgehead atoms. The van der Waals surface area contributed by atoms with Gasteiger partial charge in [0.05, 0.1) is 12.7 Å². The van der Waals surface area contributed by atoms with Gasteiger partial charge in [0, 0.05) is 5.56 Å². The van der Waals surface area contributed by atoms with Crippen LogP contribution in [0.2, 0.25) is 0 Å². The number of nitrogens with zero attached hydrogens (tertiary/aromatic N) is 1. The van der Waals surface area contributed by atoms with Crippen LogP contribution < -0.4 is 0 Å². The van der Waals surface area contributed by atoms with Crippen molar-refractivity contribution in [3.8, 4) is 6.07 Å². The number of methoxy groups -OCH3 is 1. The van der Waals surface area contributed by atoms with Crippen LogP contribution in [0.4, 0.5) is 4.39 Å². The molecule has 2 nitrogen and oxygen atoms in total. The van der Waals surface area contributed by atoms with Gasteiger partial charge in [-0.2, -0.15) is 5.26 Å².